The number of nitrogens with one attached hydrogen (secondary N) is 1. The summed E-state index contributed by atoms with van der Waals surface area (Å²) in [4.78, 5) is 11.2. The van der Waals surface area contributed by atoms with Crippen LogP contribution in [0.2, 0.25) is 0 Å². The van der Waals surface area contributed by atoms with Gasteiger partial charge in [0.05, 0.1) is 12.2 Å². The third-order valence-corrected chi connectivity index (χ3v) is 1.82. The third kappa shape index (κ3) is 3.27. The molecule has 0 amide bonds. The molecular formula is C9H16N4. The van der Waals surface area contributed by atoms with Crippen LogP contribution < -0.4 is 5.73 Å². The minimum atomic E-state index is 0.335. The Bertz CT molecular complexity index is 261. The normalized spacial score (nSPS) is 12.4. The molecule has 0 aliphatic heterocycles. The molecule has 3 N–H and O–H groups in total. The SMILES string of the molecule is CC(C)C(N)=NCCc1cnc[nH]1. The topological polar surface area (TPSA) is 67.1 Å². The lowest BCUT2D eigenvalue weighted by Gasteiger charge is -2.02. The maximum atomic E-state index is 5.68. The number of nitrogens with zero attached hydrogens (tertiary/aromatic N) is 2. The molecule has 0 saturated carbocycles. The van der Waals surface area contributed by atoms with Crippen LogP contribution in [-0.2, 0) is 6.42 Å². The van der Waals surface area contributed by atoms with Crippen molar-refractivity contribution in [3.05, 3.63) is 18.2 Å². The van der Waals surface area contributed by atoms with Crippen molar-refractivity contribution in [2.24, 2.45) is 16.6 Å². The van der Waals surface area contributed by atoms with Crippen LogP contribution in [0.1, 0.15) is 19.5 Å². The number of hydrogen-bond donors (Lipinski definition) is 2. The highest BCUT2D eigenvalue weighted by molar-refractivity contribution is 5.82. The maximum absolute atomic E-state index is 5.68. The lowest BCUT2D eigenvalue weighted by Crippen LogP contribution is -2.19. The van der Waals surface area contributed by atoms with Gasteiger partial charge in [-0.05, 0) is 0 Å². The Labute approximate surface area is 78.3 Å². The molecule has 0 saturated heterocycles. The summed E-state index contributed by atoms with van der Waals surface area (Å²) in [5.41, 5.74) is 6.78. The van der Waals surface area contributed by atoms with E-state index in [4.69, 9.17) is 5.73 Å². The van der Waals surface area contributed by atoms with Crippen molar-refractivity contribution in [3.8, 4) is 0 Å². The Morgan fingerprint density at radius 2 is 2.46 bits per heavy atom. The number of aliphatic imine (C=N–C) groups is 1. The fourth-order valence-electron chi connectivity index (χ4n) is 0.909. The molecule has 0 unspecified atom stereocenters. The van der Waals surface area contributed by atoms with Crippen LogP contribution in [0, 0.1) is 5.92 Å². The summed E-state index contributed by atoms with van der Waals surface area (Å²) in [5.74, 6) is 1.06. The first kappa shape index (κ1) is 9.77. The van der Waals surface area contributed by atoms with Gasteiger partial charge in [0.25, 0.3) is 0 Å². The van der Waals surface area contributed by atoms with E-state index in [2.05, 4.69) is 15.0 Å². The zero-order chi connectivity index (χ0) is 9.68. The second kappa shape index (κ2) is 4.64. The molecule has 0 aliphatic carbocycles. The second-order valence-corrected chi connectivity index (χ2v) is 3.29. The quantitative estimate of drug-likeness (QED) is 0.535. The molecule has 0 aromatic carbocycles. The van der Waals surface area contributed by atoms with E-state index in [0.29, 0.717) is 5.92 Å². The first-order chi connectivity index (χ1) is 6.20. The molecule has 13 heavy (non-hydrogen) atoms. The molecule has 4 heteroatoms. The number of H-pyrrole nitrogens is 1. The Balaban J connectivity index is 2.32. The molecule has 0 radical (unpaired) electrons. The highest BCUT2D eigenvalue weighted by Gasteiger charge is 1.98. The average Bonchev–Trinajstić information content (AvgIpc) is 2.56. The summed E-state index contributed by atoms with van der Waals surface area (Å²) < 4.78 is 0. The minimum absolute atomic E-state index is 0.335. The zero-order valence-electron chi connectivity index (χ0n) is 8.12. The maximum Gasteiger partial charge on any atom is 0.0962 e. The van der Waals surface area contributed by atoms with E-state index in [-0.39, 0.29) is 0 Å². The standard InChI is InChI=1S/C9H16N4/c1-7(2)9(10)12-4-3-8-5-11-6-13-8/h5-7H,3-4H2,1-2H3,(H2,10,12)(H,11,13). The van der Waals surface area contributed by atoms with Crippen molar-refractivity contribution in [1.82, 2.24) is 9.97 Å². The molecule has 0 spiro atoms. The highest BCUT2D eigenvalue weighted by Crippen LogP contribution is 1.95. The average molecular weight is 180 g/mol. The van der Waals surface area contributed by atoms with Crippen molar-refractivity contribution in [2.75, 3.05) is 6.54 Å². The first-order valence-electron chi connectivity index (χ1n) is 4.47. The zero-order valence-corrected chi connectivity index (χ0v) is 8.12. The van der Waals surface area contributed by atoms with Gasteiger partial charge in [-0.3, -0.25) is 4.99 Å². The van der Waals surface area contributed by atoms with Gasteiger partial charge >= 0.3 is 0 Å². The lowest BCUT2D eigenvalue weighted by atomic mass is 10.2. The van der Waals surface area contributed by atoms with Crippen LogP contribution in [0.15, 0.2) is 17.5 Å². The van der Waals surface area contributed by atoms with Gasteiger partial charge in [0.2, 0.25) is 0 Å². The molecular weight excluding hydrogens is 164 g/mol. The van der Waals surface area contributed by atoms with Gasteiger partial charge in [0.15, 0.2) is 0 Å². The van der Waals surface area contributed by atoms with Crippen molar-refractivity contribution < 1.29 is 0 Å². The summed E-state index contributed by atoms with van der Waals surface area (Å²) >= 11 is 0. The predicted molar refractivity (Wildman–Crippen MR) is 53.6 cm³/mol. The summed E-state index contributed by atoms with van der Waals surface area (Å²) in [6.07, 6.45) is 4.35. The van der Waals surface area contributed by atoms with Gasteiger partial charge in [-0.1, -0.05) is 13.8 Å². The summed E-state index contributed by atoms with van der Waals surface area (Å²) in [6.45, 7) is 4.80. The molecule has 4 nitrogen and oxygen atoms in total. The second-order valence-electron chi connectivity index (χ2n) is 3.29. The fraction of sp³-hybridized carbons (Fsp3) is 0.556. The Kier molecular flexibility index (Phi) is 3.49. The van der Waals surface area contributed by atoms with Crippen molar-refractivity contribution in [3.63, 3.8) is 0 Å². The van der Waals surface area contributed by atoms with Crippen LogP contribution in [0.5, 0.6) is 0 Å². The van der Waals surface area contributed by atoms with Gasteiger partial charge in [-0.15, -0.1) is 0 Å². The predicted octanol–water partition coefficient (Wildman–Crippen LogP) is 0.965. The molecule has 0 fully saturated rings. The molecule has 1 aromatic rings. The van der Waals surface area contributed by atoms with Crippen LogP contribution in [-0.4, -0.2) is 22.3 Å². The molecule has 1 heterocycles. The summed E-state index contributed by atoms with van der Waals surface area (Å²) in [5, 5.41) is 0. The molecule has 72 valence electrons. The van der Waals surface area contributed by atoms with Crippen LogP contribution >= 0.6 is 0 Å². The van der Waals surface area contributed by atoms with E-state index in [1.807, 2.05) is 13.8 Å². The van der Waals surface area contributed by atoms with E-state index in [1.54, 1.807) is 12.5 Å². The Hall–Kier alpha value is -1.32. The molecule has 0 atom stereocenters. The van der Waals surface area contributed by atoms with E-state index in [0.717, 1.165) is 24.5 Å². The lowest BCUT2D eigenvalue weighted by molar-refractivity contribution is 0.843. The molecule has 0 bridgehead atoms. The van der Waals surface area contributed by atoms with E-state index in [9.17, 15) is 0 Å². The molecule has 1 aromatic heterocycles. The van der Waals surface area contributed by atoms with Crippen LogP contribution in [0.25, 0.3) is 0 Å². The summed E-state index contributed by atoms with van der Waals surface area (Å²) in [7, 11) is 0. The smallest absolute Gasteiger partial charge is 0.0962 e. The van der Waals surface area contributed by atoms with Gasteiger partial charge in [0, 0.05) is 30.8 Å². The number of aromatic nitrogens is 2. The monoisotopic (exact) mass is 180 g/mol. The number of nitrogens with two attached hydrogens (primary N) is 1. The minimum Gasteiger partial charge on any atom is -0.387 e. The number of hydrogen-bond acceptors (Lipinski definition) is 2. The van der Waals surface area contributed by atoms with Crippen LogP contribution in [0.3, 0.4) is 0 Å². The van der Waals surface area contributed by atoms with Gasteiger partial charge < -0.3 is 10.7 Å². The number of rotatable bonds is 4. The number of aromatic amines is 1. The van der Waals surface area contributed by atoms with Crippen molar-refractivity contribution >= 4 is 5.84 Å². The Morgan fingerprint density at radius 3 is 3.00 bits per heavy atom. The number of imidazole rings is 1. The van der Waals surface area contributed by atoms with Crippen molar-refractivity contribution in [2.45, 2.75) is 20.3 Å². The van der Waals surface area contributed by atoms with E-state index < -0.39 is 0 Å². The Morgan fingerprint density at radius 1 is 1.69 bits per heavy atom. The summed E-state index contributed by atoms with van der Waals surface area (Å²) in [6, 6.07) is 0. The van der Waals surface area contributed by atoms with Gasteiger partial charge in [0.1, 0.15) is 0 Å². The third-order valence-electron chi connectivity index (χ3n) is 1.82. The van der Waals surface area contributed by atoms with E-state index in [1.165, 1.54) is 0 Å². The first-order valence-corrected chi connectivity index (χ1v) is 4.47. The largest absolute Gasteiger partial charge is 0.387 e. The van der Waals surface area contributed by atoms with Crippen LogP contribution in [0.4, 0.5) is 0 Å². The van der Waals surface area contributed by atoms with Crippen molar-refractivity contribution in [1.29, 1.82) is 0 Å². The number of amidine groups is 1. The highest BCUT2D eigenvalue weighted by atomic mass is 14.9. The van der Waals surface area contributed by atoms with Gasteiger partial charge in [-0.25, -0.2) is 4.98 Å². The fourth-order valence-corrected chi connectivity index (χ4v) is 0.909. The molecule has 0 aliphatic rings. The van der Waals surface area contributed by atoms with Gasteiger partial charge in [-0.2, -0.15) is 0 Å². The molecule has 1 rings (SSSR count). The van der Waals surface area contributed by atoms with E-state index >= 15 is 0 Å².